The van der Waals surface area contributed by atoms with Gasteiger partial charge in [0.05, 0.1) is 6.61 Å². The number of anilines is 1. The highest BCUT2D eigenvalue weighted by atomic mass is 16.6. The first kappa shape index (κ1) is 21.5. The molecule has 144 valence electrons. The molecule has 1 atom stereocenters. The molecule has 0 fully saturated rings. The van der Waals surface area contributed by atoms with Gasteiger partial charge in [0, 0.05) is 5.69 Å². The summed E-state index contributed by atoms with van der Waals surface area (Å²) in [4.78, 5) is 34.5. The normalized spacial score (nSPS) is 12.2. The molecule has 1 amide bonds. The molecule has 0 saturated carbocycles. The lowest BCUT2D eigenvalue weighted by molar-refractivity contribution is -0.158. The Labute approximate surface area is 153 Å². The molecule has 0 aliphatic heterocycles. The van der Waals surface area contributed by atoms with Crippen molar-refractivity contribution in [3.8, 4) is 0 Å². The van der Waals surface area contributed by atoms with Crippen LogP contribution in [0.15, 0.2) is 24.3 Å². The highest BCUT2D eigenvalue weighted by Gasteiger charge is 2.26. The smallest absolute Gasteiger partial charge is 0.412 e. The second-order valence-electron chi connectivity index (χ2n) is 6.86. The fraction of sp³-hybridized carbons (Fsp3) is 0.526. The van der Waals surface area contributed by atoms with E-state index in [1.165, 1.54) is 0 Å². The zero-order chi connectivity index (χ0) is 19.7. The summed E-state index contributed by atoms with van der Waals surface area (Å²) in [5.41, 5.74) is 1.02. The summed E-state index contributed by atoms with van der Waals surface area (Å²) < 4.78 is 9.96. The van der Waals surface area contributed by atoms with Gasteiger partial charge in [-0.3, -0.25) is 14.9 Å². The van der Waals surface area contributed by atoms with Crippen LogP contribution < -0.4 is 5.32 Å². The van der Waals surface area contributed by atoms with Crippen LogP contribution in [0.2, 0.25) is 0 Å². The van der Waals surface area contributed by atoms with E-state index in [9.17, 15) is 14.4 Å². The molecule has 2 N–H and O–H groups in total. The molecule has 1 aromatic rings. The molecule has 0 bridgehead atoms. The first-order valence-corrected chi connectivity index (χ1v) is 8.60. The molecule has 0 radical (unpaired) electrons. The minimum absolute atomic E-state index is 0.161. The molecule has 1 unspecified atom stereocenters. The lowest BCUT2D eigenvalue weighted by atomic mass is 9.99. The van der Waals surface area contributed by atoms with Crippen LogP contribution in [0.5, 0.6) is 0 Å². The number of hydrogen-bond acceptors (Lipinski definition) is 5. The van der Waals surface area contributed by atoms with Crippen LogP contribution in [0.4, 0.5) is 10.5 Å². The van der Waals surface area contributed by atoms with Crippen molar-refractivity contribution in [2.75, 3.05) is 11.9 Å². The Hall–Kier alpha value is -2.57. The molecule has 1 aromatic carbocycles. The van der Waals surface area contributed by atoms with Crippen LogP contribution in [0.3, 0.4) is 0 Å². The topological polar surface area (TPSA) is 102 Å². The van der Waals surface area contributed by atoms with Gasteiger partial charge in [-0.25, -0.2) is 4.79 Å². The van der Waals surface area contributed by atoms with Crippen LogP contribution in [0, 0.1) is 5.92 Å². The van der Waals surface area contributed by atoms with Gasteiger partial charge < -0.3 is 14.6 Å². The van der Waals surface area contributed by atoms with Crippen LogP contribution in [-0.2, 0) is 25.5 Å². The summed E-state index contributed by atoms with van der Waals surface area (Å²) in [6.45, 7) is 7.17. The zero-order valence-electron chi connectivity index (χ0n) is 15.7. The van der Waals surface area contributed by atoms with Crippen molar-refractivity contribution in [3.05, 3.63) is 29.8 Å². The van der Waals surface area contributed by atoms with E-state index in [1.54, 1.807) is 39.8 Å². The molecule has 0 heterocycles. The number of carboxylic acid groups (broad SMARTS) is 1. The third-order valence-electron chi connectivity index (χ3n) is 3.43. The number of ether oxygens (including phenoxy) is 2. The molecule has 0 aliphatic carbocycles. The lowest BCUT2D eigenvalue weighted by Gasteiger charge is -2.19. The number of hydrogen-bond donors (Lipinski definition) is 2. The summed E-state index contributed by atoms with van der Waals surface area (Å²) >= 11 is 0. The highest BCUT2D eigenvalue weighted by molar-refractivity contribution is 5.93. The van der Waals surface area contributed by atoms with Gasteiger partial charge in [-0.15, -0.1) is 0 Å². The van der Waals surface area contributed by atoms with E-state index in [1.807, 2.05) is 12.1 Å². The van der Waals surface area contributed by atoms with Gasteiger partial charge in [0.15, 0.2) is 5.92 Å². The summed E-state index contributed by atoms with van der Waals surface area (Å²) in [6, 6.07) is 7.18. The maximum absolute atomic E-state index is 11.7. The molecule has 0 saturated heterocycles. The van der Waals surface area contributed by atoms with Crippen LogP contribution in [0.25, 0.3) is 0 Å². The third kappa shape index (κ3) is 8.00. The first-order valence-electron chi connectivity index (χ1n) is 8.60. The highest BCUT2D eigenvalue weighted by Crippen LogP contribution is 2.16. The van der Waals surface area contributed by atoms with Gasteiger partial charge in [-0.1, -0.05) is 12.1 Å². The number of nitrogens with one attached hydrogen (secondary N) is 1. The number of esters is 1. The monoisotopic (exact) mass is 365 g/mol. The average molecular weight is 365 g/mol. The molecule has 7 nitrogen and oxygen atoms in total. The largest absolute Gasteiger partial charge is 0.481 e. The number of benzene rings is 1. The van der Waals surface area contributed by atoms with E-state index < -0.39 is 29.6 Å². The summed E-state index contributed by atoms with van der Waals surface area (Å²) in [6.07, 6.45) is 0.848. The maximum atomic E-state index is 11.7. The van der Waals surface area contributed by atoms with Gasteiger partial charge >= 0.3 is 18.0 Å². The minimum Gasteiger partial charge on any atom is -0.481 e. The maximum Gasteiger partial charge on any atom is 0.412 e. The SMILES string of the molecule is CCOC(=O)C(CCCc1ccc(NC(=O)OC(C)(C)C)cc1)C(=O)O. The van der Waals surface area contributed by atoms with Crippen LogP contribution >= 0.6 is 0 Å². The second-order valence-corrected chi connectivity index (χ2v) is 6.86. The van der Waals surface area contributed by atoms with E-state index in [-0.39, 0.29) is 13.0 Å². The van der Waals surface area contributed by atoms with Gasteiger partial charge in [0.25, 0.3) is 0 Å². The quantitative estimate of drug-likeness (QED) is 0.539. The molecular formula is C19H27NO6. The molecule has 0 spiro atoms. The van der Waals surface area contributed by atoms with E-state index in [0.29, 0.717) is 18.5 Å². The second kappa shape index (κ2) is 9.79. The lowest BCUT2D eigenvalue weighted by Crippen LogP contribution is -2.27. The Kier molecular flexibility index (Phi) is 8.09. The predicted molar refractivity (Wildman–Crippen MR) is 97.0 cm³/mol. The van der Waals surface area contributed by atoms with Gasteiger partial charge in [0.2, 0.25) is 0 Å². The van der Waals surface area contributed by atoms with E-state index in [4.69, 9.17) is 14.6 Å². The van der Waals surface area contributed by atoms with Crippen LogP contribution in [0.1, 0.15) is 46.1 Å². The number of aliphatic carboxylic acids is 1. The molecule has 7 heteroatoms. The Morgan fingerprint density at radius 3 is 2.27 bits per heavy atom. The number of carboxylic acids is 1. The summed E-state index contributed by atoms with van der Waals surface area (Å²) in [5.74, 6) is -3.00. The Morgan fingerprint density at radius 2 is 1.77 bits per heavy atom. The van der Waals surface area contributed by atoms with Crippen molar-refractivity contribution < 1.29 is 29.0 Å². The molecule has 1 rings (SSSR count). The third-order valence-corrected chi connectivity index (χ3v) is 3.43. The average Bonchev–Trinajstić information content (AvgIpc) is 2.51. The summed E-state index contributed by atoms with van der Waals surface area (Å²) in [7, 11) is 0. The van der Waals surface area contributed by atoms with Crippen molar-refractivity contribution in [1.29, 1.82) is 0 Å². The van der Waals surface area contributed by atoms with Crippen molar-refractivity contribution in [2.45, 2.75) is 52.6 Å². The number of aryl methyl sites for hydroxylation is 1. The summed E-state index contributed by atoms with van der Waals surface area (Å²) in [5, 5.41) is 11.8. The van der Waals surface area contributed by atoms with E-state index >= 15 is 0 Å². The Bertz CT molecular complexity index is 618. The van der Waals surface area contributed by atoms with Gasteiger partial charge in [-0.05, 0) is 64.7 Å². The molecule has 26 heavy (non-hydrogen) atoms. The number of amides is 1. The fourth-order valence-corrected chi connectivity index (χ4v) is 2.27. The van der Waals surface area contributed by atoms with E-state index in [2.05, 4.69) is 5.32 Å². The van der Waals surface area contributed by atoms with Gasteiger partial charge in [0.1, 0.15) is 5.60 Å². The number of carbonyl (C=O) groups is 3. The Balaban J connectivity index is 2.50. The van der Waals surface area contributed by atoms with Crippen molar-refractivity contribution >= 4 is 23.7 Å². The van der Waals surface area contributed by atoms with E-state index in [0.717, 1.165) is 5.56 Å². The molecule has 0 aliphatic rings. The number of rotatable bonds is 8. The number of carbonyl (C=O) groups excluding carboxylic acids is 2. The standard InChI is InChI=1S/C19H27NO6/c1-5-25-17(23)15(16(21)22)8-6-7-13-9-11-14(12-10-13)20-18(24)26-19(2,3)4/h9-12,15H,5-8H2,1-4H3,(H,20,24)(H,21,22). The minimum atomic E-state index is -1.17. The Morgan fingerprint density at radius 1 is 1.15 bits per heavy atom. The zero-order valence-corrected chi connectivity index (χ0v) is 15.7. The van der Waals surface area contributed by atoms with Crippen molar-refractivity contribution in [1.82, 2.24) is 0 Å². The van der Waals surface area contributed by atoms with Crippen molar-refractivity contribution in [2.24, 2.45) is 5.92 Å². The molecular weight excluding hydrogens is 338 g/mol. The first-order chi connectivity index (χ1) is 12.1. The molecule has 0 aromatic heterocycles. The fourth-order valence-electron chi connectivity index (χ4n) is 2.27. The predicted octanol–water partition coefficient (Wildman–Crippen LogP) is 3.62. The van der Waals surface area contributed by atoms with Crippen LogP contribution in [-0.4, -0.2) is 35.3 Å². The van der Waals surface area contributed by atoms with Crippen molar-refractivity contribution in [3.63, 3.8) is 0 Å². The van der Waals surface area contributed by atoms with Gasteiger partial charge in [-0.2, -0.15) is 0 Å².